The molecule has 0 aromatic heterocycles. The van der Waals surface area contributed by atoms with Crippen LogP contribution in [0.2, 0.25) is 0 Å². The van der Waals surface area contributed by atoms with Gasteiger partial charge in [0, 0.05) is 0 Å². The van der Waals surface area contributed by atoms with E-state index < -0.39 is 0 Å². The van der Waals surface area contributed by atoms with E-state index in [1.54, 1.807) is 0 Å². The molecule has 0 saturated heterocycles. The lowest BCUT2D eigenvalue weighted by atomic mass is 10.1. The summed E-state index contributed by atoms with van der Waals surface area (Å²) in [5, 5.41) is 25.4. The molecule has 0 amide bonds. The molecule has 0 unspecified atom stereocenters. The van der Waals surface area contributed by atoms with Gasteiger partial charge in [0.25, 0.3) is 0 Å². The molecule has 0 fully saturated rings. The van der Waals surface area contributed by atoms with Gasteiger partial charge in [0.2, 0.25) is 0 Å². The molecule has 0 rings (SSSR count). The number of nitrogens with zero attached hydrogens (tertiary/aromatic N) is 6. The predicted octanol–water partition coefficient (Wildman–Crippen LogP) is 17.0. The molecule has 0 bridgehead atoms. The van der Waals surface area contributed by atoms with Gasteiger partial charge >= 0.3 is 0 Å². The molecular weight excluding hydrogens is 793 g/mol. The fraction of sp³-hybridized carbons (Fsp3) is 0.941. The average Bonchev–Trinajstić information content (AvgIpc) is 3.26. The van der Waals surface area contributed by atoms with Gasteiger partial charge in [-0.05, 0) is 77.0 Å². The molecule has 0 heterocycles. The van der Waals surface area contributed by atoms with Crippen molar-refractivity contribution >= 4 is 52.1 Å². The Hall–Kier alpha value is -0.720. The molecular formula is C51H108N6S3. The van der Waals surface area contributed by atoms with Gasteiger partial charge in [0.1, 0.15) is 0 Å². The molecule has 0 atom stereocenters. The molecule has 0 radical (unpaired) electrons. The third-order valence-electron chi connectivity index (χ3n) is 11.8. The first-order chi connectivity index (χ1) is 29.0. The fourth-order valence-corrected chi connectivity index (χ4v) is 7.93. The van der Waals surface area contributed by atoms with Crippen LogP contribution in [0.4, 0.5) is 0 Å². The first-order valence-corrected chi connectivity index (χ1v) is 26.8. The number of hydrogen-bond acceptors (Lipinski definition) is 3. The van der Waals surface area contributed by atoms with Gasteiger partial charge in [0.15, 0.2) is 0 Å². The lowest BCUT2D eigenvalue weighted by Crippen LogP contribution is -2.50. The van der Waals surface area contributed by atoms with Crippen LogP contribution in [0, 0.1) is 0 Å². The number of hydrogen-bond donors (Lipinski definition) is 0. The van der Waals surface area contributed by atoms with Gasteiger partial charge in [-0.25, -0.2) is 0 Å². The highest BCUT2D eigenvalue weighted by molar-refractivity contribution is 7.78. The van der Waals surface area contributed by atoms with Gasteiger partial charge in [-0.1, -0.05) is 197 Å². The zero-order valence-electron chi connectivity index (χ0n) is 42.9. The highest BCUT2D eigenvalue weighted by atomic mass is 32.1. The third-order valence-corrected chi connectivity index (χ3v) is 11.8. The van der Waals surface area contributed by atoms with Crippen LogP contribution in [0.5, 0.6) is 0 Å². The van der Waals surface area contributed by atoms with Crippen molar-refractivity contribution in [2.75, 3.05) is 78.5 Å². The number of thiocarbonyl (C=S) groups is 3. The van der Waals surface area contributed by atoms with Crippen molar-refractivity contribution in [3.8, 4) is 0 Å². The summed E-state index contributed by atoms with van der Waals surface area (Å²) in [6.45, 7) is 45.1. The SMILES string of the molecule is CCCC[N+](CCCC)(CCCC)CCCC.CCCC[N+](CCCC)(CCCC)CCCC.CCCC[N+](CCCC)(CCCC)CCCC.[N-]=C=S.[N-]=C=S.[N-]=C=S. The summed E-state index contributed by atoms with van der Waals surface area (Å²) in [4.78, 5) is 0. The van der Waals surface area contributed by atoms with Gasteiger partial charge in [0.05, 0.1) is 78.5 Å². The van der Waals surface area contributed by atoms with Crippen molar-refractivity contribution in [2.24, 2.45) is 0 Å². The van der Waals surface area contributed by atoms with Crippen molar-refractivity contribution in [2.45, 2.75) is 237 Å². The molecule has 0 aliphatic heterocycles. The molecule has 6 nitrogen and oxygen atoms in total. The number of isothiocyanates is 3. The highest BCUT2D eigenvalue weighted by Gasteiger charge is 2.26. The van der Waals surface area contributed by atoms with Crippen molar-refractivity contribution in [1.82, 2.24) is 0 Å². The van der Waals surface area contributed by atoms with Crippen LogP contribution >= 0.6 is 36.7 Å². The van der Waals surface area contributed by atoms with Crippen LogP contribution in [-0.2, 0) is 0 Å². The van der Waals surface area contributed by atoms with Gasteiger partial charge in [-0.3, -0.25) is 0 Å². The number of unbranched alkanes of at least 4 members (excludes halogenated alkanes) is 12. The lowest BCUT2D eigenvalue weighted by Gasteiger charge is -2.39. The minimum absolute atomic E-state index is 1.33. The second-order valence-electron chi connectivity index (χ2n) is 17.2. The first-order valence-electron chi connectivity index (χ1n) is 25.6. The van der Waals surface area contributed by atoms with Crippen molar-refractivity contribution in [3.63, 3.8) is 0 Å². The maximum atomic E-state index is 7.13. The summed E-state index contributed by atoms with van der Waals surface area (Å²) in [5.74, 6) is 0. The van der Waals surface area contributed by atoms with E-state index in [1.165, 1.54) is 262 Å². The van der Waals surface area contributed by atoms with Gasteiger partial charge in [-0.2, -0.15) is 15.5 Å². The summed E-state index contributed by atoms with van der Waals surface area (Å²) in [6, 6.07) is 0. The van der Waals surface area contributed by atoms with E-state index >= 15 is 0 Å². The summed E-state index contributed by atoms with van der Waals surface area (Å²) in [5.41, 5.74) is 0. The smallest absolute Gasteiger partial charge is 0.0786 e. The van der Waals surface area contributed by atoms with E-state index in [2.05, 4.69) is 120 Å². The van der Waals surface area contributed by atoms with Crippen LogP contribution in [0.15, 0.2) is 0 Å². The normalized spacial score (nSPS) is 10.6. The molecule has 0 aliphatic rings. The van der Waals surface area contributed by atoms with Gasteiger partial charge in [-0.15, -0.1) is 0 Å². The Kier molecular flexibility index (Phi) is 71.4. The Balaban J connectivity index is -0.000000165. The predicted molar refractivity (Wildman–Crippen MR) is 286 cm³/mol. The number of rotatable bonds is 36. The molecule has 0 spiro atoms. The molecule has 0 saturated carbocycles. The molecule has 60 heavy (non-hydrogen) atoms. The van der Waals surface area contributed by atoms with Crippen molar-refractivity contribution < 1.29 is 13.4 Å². The van der Waals surface area contributed by atoms with E-state index in [9.17, 15) is 0 Å². The Bertz CT molecular complexity index is 671. The minimum atomic E-state index is 1.33. The Morgan fingerprint density at radius 3 is 0.350 bits per heavy atom. The topological polar surface area (TPSA) is 66.9 Å². The zero-order chi connectivity index (χ0) is 47.1. The zero-order valence-corrected chi connectivity index (χ0v) is 45.3. The van der Waals surface area contributed by atoms with E-state index in [0.717, 1.165) is 0 Å². The quantitative estimate of drug-likeness (QED) is 0.0357. The Morgan fingerprint density at radius 2 is 0.300 bits per heavy atom. The Morgan fingerprint density at radius 1 is 0.233 bits per heavy atom. The minimum Gasteiger partial charge on any atom is -0.753 e. The van der Waals surface area contributed by atoms with Crippen LogP contribution in [0.3, 0.4) is 0 Å². The molecule has 0 aromatic rings. The summed E-state index contributed by atoms with van der Waals surface area (Å²) in [6.07, 6.45) is 33.2. The van der Waals surface area contributed by atoms with E-state index in [0.29, 0.717) is 0 Å². The van der Waals surface area contributed by atoms with E-state index in [1.807, 2.05) is 0 Å². The maximum Gasteiger partial charge on any atom is 0.0786 e. The van der Waals surface area contributed by atoms with Crippen molar-refractivity contribution in [1.29, 1.82) is 0 Å². The fourth-order valence-electron chi connectivity index (χ4n) is 7.93. The third kappa shape index (κ3) is 51.6. The largest absolute Gasteiger partial charge is 0.753 e. The Labute approximate surface area is 395 Å². The second kappa shape index (κ2) is 60.4. The average molecular weight is 902 g/mol. The van der Waals surface area contributed by atoms with E-state index in [4.69, 9.17) is 16.2 Å². The highest BCUT2D eigenvalue weighted by Crippen LogP contribution is 2.19. The van der Waals surface area contributed by atoms with Crippen LogP contribution in [0.25, 0.3) is 16.2 Å². The van der Waals surface area contributed by atoms with E-state index in [-0.39, 0.29) is 0 Å². The van der Waals surface area contributed by atoms with Crippen molar-refractivity contribution in [3.05, 3.63) is 16.2 Å². The van der Waals surface area contributed by atoms with Gasteiger partial charge < -0.3 is 29.7 Å². The molecule has 9 heteroatoms. The molecule has 0 aromatic carbocycles. The number of quaternary nitrogens is 3. The lowest BCUT2D eigenvalue weighted by molar-refractivity contribution is -0.929. The summed E-state index contributed by atoms with van der Waals surface area (Å²) in [7, 11) is 0. The first kappa shape index (κ1) is 70.9. The van der Waals surface area contributed by atoms with Crippen LogP contribution in [0.1, 0.15) is 237 Å². The molecule has 360 valence electrons. The van der Waals surface area contributed by atoms with Crippen LogP contribution in [-0.4, -0.2) is 107 Å². The second-order valence-corrected chi connectivity index (χ2v) is 17.8. The standard InChI is InChI=1S/3C16H36N.3CNS/c3*1-5-9-13-17(14-10-6-2,15-11-7-3)16-12-8-4;3*2-1-3/h3*5-16H2,1-4H3;;;/q3*+1;3*-1. The molecule has 0 aliphatic carbocycles. The molecule has 0 N–H and O–H groups in total. The maximum absolute atomic E-state index is 7.13. The summed E-state index contributed by atoms with van der Waals surface area (Å²) >= 11 is 11.1. The monoisotopic (exact) mass is 901 g/mol. The van der Waals surface area contributed by atoms with Crippen LogP contribution < -0.4 is 0 Å². The summed E-state index contributed by atoms with van der Waals surface area (Å²) < 4.78 is 4.26.